The third-order valence-electron chi connectivity index (χ3n) is 1.55. The van der Waals surface area contributed by atoms with Gasteiger partial charge in [0.15, 0.2) is 0 Å². The lowest BCUT2D eigenvalue weighted by molar-refractivity contribution is -0.115. The van der Waals surface area contributed by atoms with Crippen molar-refractivity contribution in [3.8, 4) is 0 Å². The Morgan fingerprint density at radius 2 is 2.00 bits per heavy atom. The molecule has 0 atom stereocenters. The number of fused-ring (bicyclic) bond motifs is 1. The molecular weight excluding hydrogens is 259 g/mol. The van der Waals surface area contributed by atoms with Crippen LogP contribution >= 0.6 is 21.0 Å². The van der Waals surface area contributed by atoms with E-state index in [4.69, 9.17) is 0 Å². The summed E-state index contributed by atoms with van der Waals surface area (Å²) in [5, 5.41) is 2.62. The Balaban J connectivity index is 2.57. The van der Waals surface area contributed by atoms with Gasteiger partial charge < -0.3 is 5.32 Å². The number of carbonyl (C=O) groups excluding carboxylic acids is 2. The molecule has 0 saturated heterocycles. The molecule has 2 N–H and O–H groups in total. The molecular formula is C6H5IN2O2. The van der Waals surface area contributed by atoms with E-state index in [1.54, 1.807) is 6.92 Å². The minimum atomic E-state index is -0.562. The summed E-state index contributed by atoms with van der Waals surface area (Å²) in [6, 6.07) is 0. The molecule has 0 spiro atoms. The van der Waals surface area contributed by atoms with Crippen LogP contribution in [0.1, 0.15) is 6.92 Å². The lowest BCUT2D eigenvalue weighted by Crippen LogP contribution is -2.19. The molecule has 0 bridgehead atoms. The molecule has 4 nitrogen and oxygen atoms in total. The maximum absolute atomic E-state index is 11.1. The monoisotopic (exact) mass is 264 g/mol. The van der Waals surface area contributed by atoms with Crippen LogP contribution < -0.4 is 8.85 Å². The molecule has 0 fully saturated rings. The van der Waals surface area contributed by atoms with Crippen molar-refractivity contribution in [2.24, 2.45) is 0 Å². The number of allylic oxidation sites excluding steroid dienone is 1. The van der Waals surface area contributed by atoms with Crippen LogP contribution in [0.2, 0.25) is 0 Å². The molecule has 0 radical (unpaired) electrons. The fraction of sp³-hybridized carbons (Fsp3) is 0.167. The number of rotatable bonds is 0. The molecule has 5 heteroatoms. The predicted octanol–water partition coefficient (Wildman–Crippen LogP) is -0.422. The second kappa shape index (κ2) is 2.13. The van der Waals surface area contributed by atoms with Gasteiger partial charge in [-0.3, -0.25) is 13.1 Å². The van der Waals surface area contributed by atoms with Gasteiger partial charge in [0.05, 0.1) is 5.57 Å². The quantitative estimate of drug-likeness (QED) is 0.461. The normalized spacial score (nSPS) is 22.1. The fourth-order valence-electron chi connectivity index (χ4n) is 1.06. The van der Waals surface area contributed by atoms with E-state index in [0.717, 1.165) is 0 Å². The summed E-state index contributed by atoms with van der Waals surface area (Å²) >= 11 is -0.562. The summed E-state index contributed by atoms with van der Waals surface area (Å²) in [5.41, 5.74) is 1.28. The van der Waals surface area contributed by atoms with E-state index in [2.05, 4.69) is 8.85 Å². The van der Waals surface area contributed by atoms with Gasteiger partial charge in [0.1, 0.15) is 3.51 Å². The zero-order chi connectivity index (χ0) is 8.01. The van der Waals surface area contributed by atoms with Crippen molar-refractivity contribution in [2.75, 3.05) is 0 Å². The third kappa shape index (κ3) is 0.834. The number of carbonyl (C=O) groups is 2. The zero-order valence-electron chi connectivity index (χ0n) is 5.69. The van der Waals surface area contributed by atoms with Crippen LogP contribution in [0.5, 0.6) is 0 Å². The molecule has 58 valence electrons. The molecule has 0 unspecified atom stereocenters. The number of hydrogen-bond donors (Lipinski definition) is 2. The van der Waals surface area contributed by atoms with E-state index in [0.29, 0.717) is 14.8 Å². The van der Waals surface area contributed by atoms with Gasteiger partial charge in [0.2, 0.25) is 0 Å². The van der Waals surface area contributed by atoms with Crippen molar-refractivity contribution in [1.82, 2.24) is 8.85 Å². The van der Waals surface area contributed by atoms with Gasteiger partial charge in [-0.05, 0) is 6.92 Å². The Hall–Kier alpha value is -0.720. The van der Waals surface area contributed by atoms with Gasteiger partial charge in [-0.2, -0.15) is 0 Å². The van der Waals surface area contributed by atoms with Crippen LogP contribution in [0, 0.1) is 0 Å². The van der Waals surface area contributed by atoms with Crippen LogP contribution in [0.3, 0.4) is 0 Å². The molecule has 2 rings (SSSR count). The average Bonchev–Trinajstić information content (AvgIpc) is 2.41. The van der Waals surface area contributed by atoms with Crippen molar-refractivity contribution in [1.29, 1.82) is 0 Å². The van der Waals surface area contributed by atoms with E-state index in [-0.39, 0.29) is 11.8 Å². The lowest BCUT2D eigenvalue weighted by Gasteiger charge is -1.93. The summed E-state index contributed by atoms with van der Waals surface area (Å²) in [5.74, 6) is -0.188. The maximum atomic E-state index is 11.1. The first-order valence-electron chi connectivity index (χ1n) is 3.04. The molecule has 0 aromatic rings. The summed E-state index contributed by atoms with van der Waals surface area (Å²) in [6.07, 6.45) is 0. The lowest BCUT2D eigenvalue weighted by atomic mass is 10.2. The van der Waals surface area contributed by atoms with Crippen LogP contribution in [0.15, 0.2) is 11.3 Å². The van der Waals surface area contributed by atoms with Crippen LogP contribution in [0.4, 0.5) is 0 Å². The highest BCUT2D eigenvalue weighted by Gasteiger charge is 2.34. The van der Waals surface area contributed by atoms with Gasteiger partial charge in [0.25, 0.3) is 11.8 Å². The Morgan fingerprint density at radius 3 is 2.64 bits per heavy atom. The largest absolute Gasteiger partial charge is 0.325 e. The number of halogens is 1. The Labute approximate surface area is 73.1 Å². The number of nitrogens with one attached hydrogen (secondary N) is 2. The van der Waals surface area contributed by atoms with Crippen LogP contribution in [0.25, 0.3) is 0 Å². The molecule has 0 saturated carbocycles. The minimum Gasteiger partial charge on any atom is -0.325 e. The second-order valence-electron chi connectivity index (χ2n) is 2.29. The Bertz CT molecular complexity index is 329. The van der Waals surface area contributed by atoms with E-state index in [1.807, 2.05) is 0 Å². The van der Waals surface area contributed by atoms with Crippen molar-refractivity contribution in [3.63, 3.8) is 0 Å². The summed E-state index contributed by atoms with van der Waals surface area (Å²) in [6.45, 7) is 1.74. The van der Waals surface area contributed by atoms with E-state index in [1.165, 1.54) is 0 Å². The van der Waals surface area contributed by atoms with E-state index in [9.17, 15) is 9.59 Å². The molecule has 2 heterocycles. The molecule has 0 aromatic heterocycles. The second-order valence-corrected chi connectivity index (χ2v) is 4.44. The number of hydrogen-bond acceptors (Lipinski definition) is 2. The highest BCUT2D eigenvalue weighted by molar-refractivity contribution is 14.2. The minimum absolute atomic E-state index is 0.0938. The van der Waals surface area contributed by atoms with Gasteiger partial charge in [-0.1, -0.05) is 0 Å². The molecule has 11 heavy (non-hydrogen) atoms. The van der Waals surface area contributed by atoms with E-state index < -0.39 is 21.0 Å². The first-order valence-corrected chi connectivity index (χ1v) is 5.19. The molecule has 2 amide bonds. The van der Waals surface area contributed by atoms with Crippen molar-refractivity contribution >= 4 is 36.3 Å². The zero-order valence-corrected chi connectivity index (χ0v) is 7.85. The number of amides is 2. The van der Waals surface area contributed by atoms with Crippen molar-refractivity contribution in [2.45, 2.75) is 6.92 Å². The average molecular weight is 264 g/mol. The highest BCUT2D eigenvalue weighted by Crippen LogP contribution is 2.22. The molecule has 0 aliphatic carbocycles. The standard InChI is InChI=1S/C6H5IN2O2/c1-2-3-4(6(11)8-2)7-9-5(3)10/h1H3,(H,8,11)(H,9,10). The molecule has 0 aromatic carbocycles. The van der Waals surface area contributed by atoms with Gasteiger partial charge >= 0.3 is 0 Å². The topological polar surface area (TPSA) is 58.2 Å². The Kier molecular flexibility index (Phi) is 1.35. The highest BCUT2D eigenvalue weighted by atomic mass is 127. The van der Waals surface area contributed by atoms with Crippen molar-refractivity contribution < 1.29 is 9.59 Å². The van der Waals surface area contributed by atoms with Crippen LogP contribution in [-0.2, 0) is 9.59 Å². The molecule has 2 aliphatic heterocycles. The predicted molar refractivity (Wildman–Crippen MR) is 48.0 cm³/mol. The van der Waals surface area contributed by atoms with Crippen LogP contribution in [-0.4, -0.2) is 15.3 Å². The van der Waals surface area contributed by atoms with Gasteiger partial charge in [-0.25, -0.2) is 0 Å². The summed E-state index contributed by atoms with van der Waals surface area (Å²) in [4.78, 5) is 22.1. The summed E-state index contributed by atoms with van der Waals surface area (Å²) < 4.78 is 3.38. The molecule has 2 aliphatic rings. The van der Waals surface area contributed by atoms with E-state index >= 15 is 0 Å². The summed E-state index contributed by atoms with van der Waals surface area (Å²) in [7, 11) is 0. The Morgan fingerprint density at radius 1 is 1.27 bits per heavy atom. The smallest absolute Gasteiger partial charge is 0.263 e. The fourth-order valence-corrected chi connectivity index (χ4v) is 3.15. The third-order valence-corrected chi connectivity index (χ3v) is 3.88. The first-order chi connectivity index (χ1) is 5.20. The van der Waals surface area contributed by atoms with Gasteiger partial charge in [-0.15, -0.1) is 0 Å². The van der Waals surface area contributed by atoms with Gasteiger partial charge in [0, 0.05) is 26.7 Å². The maximum Gasteiger partial charge on any atom is 0.263 e. The SMILES string of the molecule is CC1=C2C(=O)NI=C2C(=O)N1. The first kappa shape index (κ1) is 6.96. The van der Waals surface area contributed by atoms with Crippen molar-refractivity contribution in [3.05, 3.63) is 11.3 Å².